The Hall–Kier alpha value is -0.860. The van der Waals surface area contributed by atoms with Gasteiger partial charge >= 0.3 is 0 Å². The molecule has 10 heavy (non-hydrogen) atoms. The molecule has 0 amide bonds. The van der Waals surface area contributed by atoms with Gasteiger partial charge in [0.25, 0.3) is 0 Å². The fourth-order valence-corrected chi connectivity index (χ4v) is 0.793. The SMILES string of the molecule is C[N+](C)(O)c1ccccc1. The van der Waals surface area contributed by atoms with Crippen molar-refractivity contribution >= 4 is 5.69 Å². The molecule has 0 aliphatic carbocycles. The first kappa shape index (κ1) is 7.25. The zero-order chi connectivity index (χ0) is 7.61. The standard InChI is InChI=1S/C8H12NO/c1-9(2,10)8-6-4-3-5-7-8/h3-7,10H,1-2H3/q+1. The minimum atomic E-state index is -0.110. The zero-order valence-corrected chi connectivity index (χ0v) is 6.28. The van der Waals surface area contributed by atoms with Gasteiger partial charge in [-0.1, -0.05) is 18.2 Å². The van der Waals surface area contributed by atoms with Gasteiger partial charge < -0.3 is 0 Å². The summed E-state index contributed by atoms with van der Waals surface area (Å²) in [5.41, 5.74) is 0.891. The summed E-state index contributed by atoms with van der Waals surface area (Å²) in [5.74, 6) is 0. The van der Waals surface area contributed by atoms with Crippen molar-refractivity contribution in [1.82, 2.24) is 4.65 Å². The van der Waals surface area contributed by atoms with Gasteiger partial charge in [-0.3, -0.25) is 0 Å². The van der Waals surface area contributed by atoms with Crippen molar-refractivity contribution in [2.45, 2.75) is 0 Å². The summed E-state index contributed by atoms with van der Waals surface area (Å²) in [6.45, 7) is 0. The molecule has 0 fully saturated rings. The highest BCUT2D eigenvalue weighted by Gasteiger charge is 2.12. The van der Waals surface area contributed by atoms with Crippen LogP contribution in [0.5, 0.6) is 0 Å². The van der Waals surface area contributed by atoms with Crippen LogP contribution < -0.4 is 4.65 Å². The molecule has 0 saturated heterocycles. The molecular weight excluding hydrogens is 126 g/mol. The second kappa shape index (κ2) is 2.40. The summed E-state index contributed by atoms with van der Waals surface area (Å²) in [4.78, 5) is 0. The molecule has 1 N–H and O–H groups in total. The van der Waals surface area contributed by atoms with Gasteiger partial charge in [-0.2, -0.15) is 4.65 Å². The Kier molecular flexibility index (Phi) is 1.74. The van der Waals surface area contributed by atoms with Gasteiger partial charge in [-0.05, 0) is 0 Å². The van der Waals surface area contributed by atoms with Crippen molar-refractivity contribution < 1.29 is 5.21 Å². The van der Waals surface area contributed by atoms with E-state index in [4.69, 9.17) is 0 Å². The summed E-state index contributed by atoms with van der Waals surface area (Å²) in [7, 11) is 3.44. The van der Waals surface area contributed by atoms with Crippen LogP contribution in [0, 0.1) is 0 Å². The highest BCUT2D eigenvalue weighted by atomic mass is 16.5. The second-order valence-corrected chi connectivity index (χ2v) is 2.73. The monoisotopic (exact) mass is 138 g/mol. The molecule has 2 heteroatoms. The molecule has 1 aromatic carbocycles. The normalized spacial score (nSPS) is 11.5. The summed E-state index contributed by atoms with van der Waals surface area (Å²) in [6.07, 6.45) is 0. The van der Waals surface area contributed by atoms with Crippen molar-refractivity contribution in [2.24, 2.45) is 0 Å². The van der Waals surface area contributed by atoms with Crippen molar-refractivity contribution in [1.29, 1.82) is 0 Å². The maximum absolute atomic E-state index is 9.43. The molecule has 0 heterocycles. The van der Waals surface area contributed by atoms with Crippen molar-refractivity contribution in [3.63, 3.8) is 0 Å². The molecule has 1 aromatic rings. The maximum Gasteiger partial charge on any atom is 0.164 e. The number of hydrogen-bond acceptors (Lipinski definition) is 1. The lowest BCUT2D eigenvalue weighted by molar-refractivity contribution is -0.0282. The molecule has 0 saturated carbocycles. The smallest absolute Gasteiger partial charge is 0.164 e. The largest absolute Gasteiger partial charge is 0.212 e. The fraction of sp³-hybridized carbons (Fsp3) is 0.250. The minimum absolute atomic E-state index is 0.110. The Labute approximate surface area is 60.9 Å². The van der Waals surface area contributed by atoms with E-state index in [9.17, 15) is 5.21 Å². The summed E-state index contributed by atoms with van der Waals surface area (Å²) >= 11 is 0. The molecule has 54 valence electrons. The number of nitrogens with zero attached hydrogens (tertiary/aromatic N) is 1. The van der Waals surface area contributed by atoms with Crippen molar-refractivity contribution in [3.05, 3.63) is 30.3 Å². The van der Waals surface area contributed by atoms with E-state index in [1.165, 1.54) is 0 Å². The average molecular weight is 138 g/mol. The predicted molar refractivity (Wildman–Crippen MR) is 41.9 cm³/mol. The van der Waals surface area contributed by atoms with Crippen LogP contribution in [0.15, 0.2) is 30.3 Å². The van der Waals surface area contributed by atoms with Crippen molar-refractivity contribution in [3.8, 4) is 0 Å². The van der Waals surface area contributed by atoms with Crippen LogP contribution in [0.1, 0.15) is 0 Å². The van der Waals surface area contributed by atoms with Gasteiger partial charge in [-0.15, -0.1) is 0 Å². The molecule has 0 aliphatic heterocycles. The first-order valence-corrected chi connectivity index (χ1v) is 3.23. The van der Waals surface area contributed by atoms with E-state index in [0.29, 0.717) is 0 Å². The highest BCUT2D eigenvalue weighted by molar-refractivity contribution is 5.38. The summed E-state index contributed by atoms with van der Waals surface area (Å²) < 4.78 is -0.110. The third-order valence-electron chi connectivity index (χ3n) is 1.39. The quantitative estimate of drug-likeness (QED) is 0.462. The molecule has 0 spiro atoms. The van der Waals surface area contributed by atoms with Gasteiger partial charge in [-0.25, -0.2) is 5.21 Å². The van der Waals surface area contributed by atoms with E-state index >= 15 is 0 Å². The second-order valence-electron chi connectivity index (χ2n) is 2.73. The molecule has 0 atom stereocenters. The summed E-state index contributed by atoms with van der Waals surface area (Å²) in [5, 5.41) is 9.43. The number of hydrogen-bond donors (Lipinski definition) is 1. The molecule has 0 aromatic heterocycles. The highest BCUT2D eigenvalue weighted by Crippen LogP contribution is 2.13. The topological polar surface area (TPSA) is 20.2 Å². The van der Waals surface area contributed by atoms with Crippen LogP contribution >= 0.6 is 0 Å². The van der Waals surface area contributed by atoms with E-state index in [0.717, 1.165) is 5.69 Å². The van der Waals surface area contributed by atoms with Gasteiger partial charge in [0.15, 0.2) is 5.69 Å². The number of rotatable bonds is 1. The van der Waals surface area contributed by atoms with E-state index < -0.39 is 0 Å². The zero-order valence-electron chi connectivity index (χ0n) is 6.28. The summed E-state index contributed by atoms with van der Waals surface area (Å²) in [6, 6.07) is 9.52. The Bertz CT molecular complexity index is 200. The number of benzene rings is 1. The number of para-hydroxylation sites is 1. The van der Waals surface area contributed by atoms with Crippen molar-refractivity contribution in [2.75, 3.05) is 14.1 Å². The first-order valence-electron chi connectivity index (χ1n) is 3.23. The Morgan fingerprint density at radius 3 is 1.90 bits per heavy atom. The lowest BCUT2D eigenvalue weighted by atomic mass is 10.3. The van der Waals surface area contributed by atoms with Crippen LogP contribution in [0.3, 0.4) is 0 Å². The lowest BCUT2D eigenvalue weighted by Gasteiger charge is -2.18. The van der Waals surface area contributed by atoms with Gasteiger partial charge in [0.1, 0.15) is 14.1 Å². The predicted octanol–water partition coefficient (Wildman–Crippen LogP) is 1.64. The Morgan fingerprint density at radius 1 is 1.10 bits per heavy atom. The number of hydroxylamine groups is 2. The van der Waals surface area contributed by atoms with Crippen LogP contribution in [-0.4, -0.2) is 19.3 Å². The van der Waals surface area contributed by atoms with E-state index in [2.05, 4.69) is 0 Å². The van der Waals surface area contributed by atoms with Crippen LogP contribution in [0.4, 0.5) is 5.69 Å². The first-order chi connectivity index (χ1) is 4.61. The molecular formula is C8H12NO+. The molecule has 0 radical (unpaired) electrons. The Balaban J connectivity index is 2.97. The number of quaternary nitrogens is 1. The average Bonchev–Trinajstić information content (AvgIpc) is 1.88. The molecule has 0 aliphatic rings. The molecule has 2 nitrogen and oxygen atoms in total. The van der Waals surface area contributed by atoms with Crippen LogP contribution in [0.2, 0.25) is 0 Å². The van der Waals surface area contributed by atoms with Gasteiger partial charge in [0.05, 0.1) is 0 Å². The van der Waals surface area contributed by atoms with E-state index in [1.807, 2.05) is 30.3 Å². The maximum atomic E-state index is 9.43. The van der Waals surface area contributed by atoms with Gasteiger partial charge in [0, 0.05) is 12.1 Å². The van der Waals surface area contributed by atoms with Gasteiger partial charge in [0.2, 0.25) is 0 Å². The van der Waals surface area contributed by atoms with Crippen LogP contribution in [0.25, 0.3) is 0 Å². The molecule has 1 rings (SSSR count). The third kappa shape index (κ3) is 1.56. The minimum Gasteiger partial charge on any atom is -0.212 e. The Morgan fingerprint density at radius 2 is 1.60 bits per heavy atom. The third-order valence-corrected chi connectivity index (χ3v) is 1.39. The van der Waals surface area contributed by atoms with E-state index in [-0.39, 0.29) is 4.65 Å². The molecule has 0 unspecified atom stereocenters. The van der Waals surface area contributed by atoms with E-state index in [1.54, 1.807) is 14.1 Å². The fourth-order valence-electron chi connectivity index (χ4n) is 0.793. The van der Waals surface area contributed by atoms with Crippen LogP contribution in [-0.2, 0) is 0 Å². The lowest BCUT2D eigenvalue weighted by Crippen LogP contribution is -2.35. The molecule has 0 bridgehead atoms.